The van der Waals surface area contributed by atoms with Crippen LogP contribution in [0.1, 0.15) is 0 Å². The second-order valence-electron chi connectivity index (χ2n) is 2.69. The second-order valence-corrected chi connectivity index (χ2v) is 3.36. The Hall–Kier alpha value is -1.10. The molecule has 0 saturated heterocycles. The second kappa shape index (κ2) is 5.84. The van der Waals surface area contributed by atoms with Crippen molar-refractivity contribution in [2.45, 2.75) is 0 Å². The largest absolute Gasteiger partial charge is 0.324 e. The van der Waals surface area contributed by atoms with Crippen LogP contribution >= 0.6 is 35.6 Å². The Kier molecular flexibility index (Phi) is 4.73. The minimum absolute atomic E-state index is 0. The number of halogens is 3. The lowest BCUT2D eigenvalue weighted by atomic mass is 10.3. The lowest BCUT2D eigenvalue weighted by Crippen LogP contribution is -1.98. The molecule has 4 nitrogen and oxygen atoms in total. The molecule has 0 atom stereocenters. The van der Waals surface area contributed by atoms with Crippen molar-refractivity contribution in [1.29, 1.82) is 0 Å². The van der Waals surface area contributed by atoms with Crippen LogP contribution in [-0.4, -0.2) is 15.0 Å². The Bertz CT molecular complexity index is 443. The average molecular weight is 278 g/mol. The van der Waals surface area contributed by atoms with Gasteiger partial charge in [-0.05, 0) is 35.3 Å². The first-order chi connectivity index (χ1) is 7.24. The van der Waals surface area contributed by atoms with Gasteiger partial charge in [-0.2, -0.15) is 15.0 Å². The highest BCUT2D eigenvalue weighted by molar-refractivity contribution is 6.31. The first-order valence-corrected chi connectivity index (χ1v) is 4.89. The molecule has 0 aliphatic rings. The highest BCUT2D eigenvalue weighted by atomic mass is 35.5. The van der Waals surface area contributed by atoms with Crippen molar-refractivity contribution in [3.8, 4) is 0 Å². The van der Waals surface area contributed by atoms with Crippen molar-refractivity contribution in [2.24, 2.45) is 0 Å². The number of nitrogens with zero attached hydrogens (tertiary/aromatic N) is 3. The zero-order valence-electron chi connectivity index (χ0n) is 7.89. The molecule has 0 radical (unpaired) electrons. The molecule has 0 aliphatic carbocycles. The Morgan fingerprint density at radius 2 is 1.44 bits per heavy atom. The fourth-order valence-electron chi connectivity index (χ4n) is 1.03. The van der Waals surface area contributed by atoms with Crippen LogP contribution in [0.25, 0.3) is 0 Å². The van der Waals surface area contributed by atoms with Crippen LogP contribution in [0.3, 0.4) is 0 Å². The monoisotopic (exact) mass is 276 g/mol. The van der Waals surface area contributed by atoms with Crippen molar-refractivity contribution in [3.63, 3.8) is 0 Å². The summed E-state index contributed by atoms with van der Waals surface area (Å²) in [5, 5.41) is 3.08. The summed E-state index contributed by atoms with van der Waals surface area (Å²) in [7, 11) is 0. The molecule has 0 unspecified atom stereocenters. The van der Waals surface area contributed by atoms with Crippen molar-refractivity contribution in [3.05, 3.63) is 40.9 Å². The molecule has 2 aromatic rings. The van der Waals surface area contributed by atoms with Gasteiger partial charge in [0.2, 0.25) is 16.5 Å². The van der Waals surface area contributed by atoms with E-state index in [1.54, 1.807) is 0 Å². The van der Waals surface area contributed by atoms with Crippen molar-refractivity contribution >= 4 is 47.2 Å². The van der Waals surface area contributed by atoms with E-state index in [1.165, 1.54) is 0 Å². The van der Waals surface area contributed by atoms with Crippen LogP contribution < -0.4 is 5.32 Å². The molecule has 7 heteroatoms. The topological polar surface area (TPSA) is 50.7 Å². The third kappa shape index (κ3) is 3.48. The summed E-state index contributed by atoms with van der Waals surface area (Å²) in [4.78, 5) is 11.4. The molecule has 0 saturated carbocycles. The third-order valence-corrected chi connectivity index (χ3v) is 1.95. The quantitative estimate of drug-likeness (QED) is 0.914. The van der Waals surface area contributed by atoms with Crippen LogP contribution in [-0.2, 0) is 0 Å². The van der Waals surface area contributed by atoms with Gasteiger partial charge in [0, 0.05) is 5.69 Å². The first-order valence-electron chi connectivity index (χ1n) is 4.13. The van der Waals surface area contributed by atoms with Crippen molar-refractivity contribution in [1.82, 2.24) is 15.0 Å². The van der Waals surface area contributed by atoms with Crippen LogP contribution in [0, 0.1) is 0 Å². The van der Waals surface area contributed by atoms with E-state index in [1.807, 2.05) is 30.3 Å². The number of anilines is 2. The number of rotatable bonds is 2. The summed E-state index contributed by atoms with van der Waals surface area (Å²) in [5.41, 5.74) is 0.857. The van der Waals surface area contributed by atoms with E-state index in [0.29, 0.717) is 5.95 Å². The van der Waals surface area contributed by atoms with Gasteiger partial charge in [0.05, 0.1) is 0 Å². The standard InChI is InChI=1S/C9H6Cl2N4.ClH/c10-7-13-8(11)15-9(14-7)12-6-4-2-1-3-5-6;/h1-5H,(H,12,13,14,15);1H. The lowest BCUT2D eigenvalue weighted by Gasteiger charge is -2.03. The molecule has 0 fully saturated rings. The molecular formula is C9H7Cl3N4. The molecule has 0 bridgehead atoms. The fourth-order valence-corrected chi connectivity index (χ4v) is 1.40. The minimum atomic E-state index is 0. The highest BCUT2D eigenvalue weighted by Gasteiger charge is 2.02. The Morgan fingerprint density at radius 1 is 0.875 bits per heavy atom. The average Bonchev–Trinajstić information content (AvgIpc) is 2.17. The SMILES string of the molecule is Cl.Clc1nc(Cl)nc(Nc2ccccc2)n1. The molecule has 84 valence electrons. The predicted molar refractivity (Wildman–Crippen MR) is 66.8 cm³/mol. The number of nitrogens with one attached hydrogen (secondary N) is 1. The van der Waals surface area contributed by atoms with Crippen LogP contribution in [0.5, 0.6) is 0 Å². The summed E-state index contributed by atoms with van der Waals surface area (Å²) < 4.78 is 0. The molecule has 1 N–H and O–H groups in total. The van der Waals surface area contributed by atoms with Crippen molar-refractivity contribution in [2.75, 3.05) is 5.32 Å². The maximum absolute atomic E-state index is 5.63. The Labute approximate surface area is 108 Å². The molecule has 16 heavy (non-hydrogen) atoms. The first kappa shape index (κ1) is 13.0. The molecule has 1 aromatic heterocycles. The number of benzene rings is 1. The van der Waals surface area contributed by atoms with E-state index in [0.717, 1.165) is 5.69 Å². The van der Waals surface area contributed by atoms with Crippen LogP contribution in [0.4, 0.5) is 11.6 Å². The smallest absolute Gasteiger partial charge is 0.232 e. The highest BCUT2D eigenvalue weighted by Crippen LogP contribution is 2.14. The van der Waals surface area contributed by atoms with Gasteiger partial charge in [-0.25, -0.2) is 0 Å². The number of hydrogen-bond donors (Lipinski definition) is 1. The maximum Gasteiger partial charge on any atom is 0.232 e. The van der Waals surface area contributed by atoms with Gasteiger partial charge in [-0.15, -0.1) is 12.4 Å². The van der Waals surface area contributed by atoms with Gasteiger partial charge < -0.3 is 5.32 Å². The minimum Gasteiger partial charge on any atom is -0.324 e. The Balaban J connectivity index is 0.00000128. The molecule has 0 aliphatic heterocycles. The lowest BCUT2D eigenvalue weighted by molar-refractivity contribution is 1.05. The van der Waals surface area contributed by atoms with Crippen molar-refractivity contribution < 1.29 is 0 Å². The Morgan fingerprint density at radius 3 is 2.00 bits per heavy atom. The molecule has 0 spiro atoms. The summed E-state index contributed by atoms with van der Waals surface area (Å²) in [6, 6.07) is 9.47. The van der Waals surface area contributed by atoms with Gasteiger partial charge >= 0.3 is 0 Å². The van der Waals surface area contributed by atoms with Gasteiger partial charge in [-0.1, -0.05) is 18.2 Å². The summed E-state index contributed by atoms with van der Waals surface area (Å²) in [6.45, 7) is 0. The van der Waals surface area contributed by atoms with E-state index in [9.17, 15) is 0 Å². The zero-order chi connectivity index (χ0) is 10.7. The molecule has 2 rings (SSSR count). The van der Waals surface area contributed by atoms with E-state index in [4.69, 9.17) is 23.2 Å². The third-order valence-electron chi connectivity index (χ3n) is 1.61. The van der Waals surface area contributed by atoms with Gasteiger partial charge in [0.1, 0.15) is 0 Å². The normalized spacial score (nSPS) is 9.38. The molecule has 0 amide bonds. The van der Waals surface area contributed by atoms with E-state index in [2.05, 4.69) is 20.3 Å². The van der Waals surface area contributed by atoms with Gasteiger partial charge in [0.15, 0.2) is 0 Å². The van der Waals surface area contributed by atoms with E-state index < -0.39 is 0 Å². The summed E-state index contributed by atoms with van der Waals surface area (Å²) >= 11 is 11.3. The molecular weight excluding hydrogens is 270 g/mol. The van der Waals surface area contributed by atoms with E-state index >= 15 is 0 Å². The molecule has 1 heterocycles. The van der Waals surface area contributed by atoms with E-state index in [-0.39, 0.29) is 23.0 Å². The molecule has 1 aromatic carbocycles. The number of para-hydroxylation sites is 1. The fraction of sp³-hybridized carbons (Fsp3) is 0. The summed E-state index contributed by atoms with van der Waals surface area (Å²) in [6.07, 6.45) is 0. The number of aromatic nitrogens is 3. The zero-order valence-corrected chi connectivity index (χ0v) is 10.2. The van der Waals surface area contributed by atoms with Gasteiger partial charge in [-0.3, -0.25) is 0 Å². The van der Waals surface area contributed by atoms with Crippen LogP contribution in [0.2, 0.25) is 10.6 Å². The predicted octanol–water partition coefficient (Wildman–Crippen LogP) is 3.34. The van der Waals surface area contributed by atoms with Gasteiger partial charge in [0.25, 0.3) is 0 Å². The maximum atomic E-state index is 5.63. The number of hydrogen-bond acceptors (Lipinski definition) is 4. The summed E-state index contributed by atoms with van der Waals surface area (Å²) in [5.74, 6) is 0.325. The van der Waals surface area contributed by atoms with Crippen LogP contribution in [0.15, 0.2) is 30.3 Å².